The first kappa shape index (κ1) is 9.88. The first-order chi connectivity index (χ1) is 7.75. The summed E-state index contributed by atoms with van der Waals surface area (Å²) in [6.45, 7) is 2.14. The van der Waals surface area contributed by atoms with E-state index in [1.54, 1.807) is 0 Å². The van der Waals surface area contributed by atoms with E-state index in [0.717, 1.165) is 5.52 Å². The van der Waals surface area contributed by atoms with Crippen LogP contribution in [0.5, 0.6) is 0 Å². The Kier molecular flexibility index (Phi) is 2.23. The van der Waals surface area contributed by atoms with Gasteiger partial charge in [-0.2, -0.15) is 0 Å². The van der Waals surface area contributed by atoms with E-state index in [9.17, 15) is 0 Å². The quantitative estimate of drug-likeness (QED) is 0.710. The topological polar surface area (TPSA) is 17.8 Å². The molecule has 0 N–H and O–H groups in total. The van der Waals surface area contributed by atoms with Crippen LogP contribution in [-0.4, -0.2) is 9.55 Å². The van der Waals surface area contributed by atoms with Gasteiger partial charge in [0.15, 0.2) is 0 Å². The van der Waals surface area contributed by atoms with Gasteiger partial charge in [-0.15, -0.1) is 0 Å². The summed E-state index contributed by atoms with van der Waals surface area (Å²) in [7, 11) is 2.16. The molecule has 0 radical (unpaired) electrons. The monoisotopic (exact) mass is 214 g/mol. The molecule has 0 spiro atoms. The van der Waals surface area contributed by atoms with Crippen LogP contribution in [0, 0.1) is 6.92 Å². The minimum atomic E-state index is 0.692. The Morgan fingerprint density at radius 2 is 2.00 bits per heavy atom. The van der Waals surface area contributed by atoms with Gasteiger partial charge < -0.3 is 4.57 Å². The molecular formula is C14H18N2. The molecule has 3 rings (SSSR count). The molecule has 0 saturated heterocycles. The summed E-state index contributed by atoms with van der Waals surface area (Å²) in [5.74, 6) is 1.98. The zero-order valence-corrected chi connectivity index (χ0v) is 10.0. The van der Waals surface area contributed by atoms with E-state index in [4.69, 9.17) is 4.98 Å². The molecule has 1 saturated carbocycles. The lowest BCUT2D eigenvalue weighted by molar-refractivity contribution is 0.639. The lowest BCUT2D eigenvalue weighted by Crippen LogP contribution is -2.02. The lowest BCUT2D eigenvalue weighted by Gasteiger charge is -2.08. The van der Waals surface area contributed by atoms with Crippen LogP contribution in [0.2, 0.25) is 0 Å². The molecule has 2 aromatic rings. The first-order valence-electron chi connectivity index (χ1n) is 6.18. The first-order valence-corrected chi connectivity index (χ1v) is 6.18. The number of hydrogen-bond donors (Lipinski definition) is 0. The highest BCUT2D eigenvalue weighted by atomic mass is 15.1. The fourth-order valence-corrected chi connectivity index (χ4v) is 2.87. The van der Waals surface area contributed by atoms with Gasteiger partial charge in [0, 0.05) is 13.0 Å². The van der Waals surface area contributed by atoms with Gasteiger partial charge in [-0.3, -0.25) is 0 Å². The van der Waals surface area contributed by atoms with Crippen LogP contribution in [0.4, 0.5) is 0 Å². The molecule has 1 heterocycles. The molecule has 0 aliphatic heterocycles. The predicted octanol–water partition coefficient (Wildman–Crippen LogP) is 3.54. The summed E-state index contributed by atoms with van der Waals surface area (Å²) >= 11 is 0. The van der Waals surface area contributed by atoms with Gasteiger partial charge in [0.25, 0.3) is 0 Å². The number of fused-ring (bicyclic) bond motifs is 1. The molecule has 1 fully saturated rings. The van der Waals surface area contributed by atoms with E-state index in [-0.39, 0.29) is 0 Å². The molecule has 1 aromatic carbocycles. The van der Waals surface area contributed by atoms with Crippen molar-refractivity contribution in [1.29, 1.82) is 0 Å². The number of hydrogen-bond acceptors (Lipinski definition) is 1. The molecule has 84 valence electrons. The number of rotatable bonds is 1. The van der Waals surface area contributed by atoms with Crippen molar-refractivity contribution in [1.82, 2.24) is 9.55 Å². The Morgan fingerprint density at radius 3 is 2.75 bits per heavy atom. The van der Waals surface area contributed by atoms with Crippen molar-refractivity contribution in [3.63, 3.8) is 0 Å². The van der Waals surface area contributed by atoms with Crippen LogP contribution in [0.15, 0.2) is 18.2 Å². The van der Waals surface area contributed by atoms with Crippen LogP contribution in [0.1, 0.15) is 43.0 Å². The minimum Gasteiger partial charge on any atom is -0.331 e. The summed E-state index contributed by atoms with van der Waals surface area (Å²) < 4.78 is 2.29. The predicted molar refractivity (Wildman–Crippen MR) is 66.7 cm³/mol. The second-order valence-corrected chi connectivity index (χ2v) is 5.00. The second-order valence-electron chi connectivity index (χ2n) is 5.00. The molecule has 1 aliphatic rings. The lowest BCUT2D eigenvalue weighted by atomic mass is 10.1. The molecule has 16 heavy (non-hydrogen) atoms. The summed E-state index contributed by atoms with van der Waals surface area (Å²) in [5, 5.41) is 0. The van der Waals surface area contributed by atoms with Crippen LogP contribution in [0.3, 0.4) is 0 Å². The van der Waals surface area contributed by atoms with Crippen LogP contribution in [0.25, 0.3) is 11.0 Å². The molecular weight excluding hydrogens is 196 g/mol. The zero-order valence-electron chi connectivity index (χ0n) is 10.0. The number of aromatic nitrogens is 2. The number of imidazole rings is 1. The van der Waals surface area contributed by atoms with Gasteiger partial charge in [0.1, 0.15) is 5.82 Å². The average Bonchev–Trinajstić information content (AvgIpc) is 2.87. The largest absolute Gasteiger partial charge is 0.331 e. The molecule has 1 aliphatic carbocycles. The van der Waals surface area contributed by atoms with Gasteiger partial charge in [0.05, 0.1) is 11.0 Å². The maximum atomic E-state index is 4.80. The molecule has 0 unspecified atom stereocenters. The Morgan fingerprint density at radius 1 is 1.25 bits per heavy atom. The van der Waals surface area contributed by atoms with Gasteiger partial charge >= 0.3 is 0 Å². The van der Waals surface area contributed by atoms with Gasteiger partial charge in [0.2, 0.25) is 0 Å². The van der Waals surface area contributed by atoms with Crippen molar-refractivity contribution < 1.29 is 0 Å². The Balaban J connectivity index is 2.15. The Hall–Kier alpha value is -1.31. The second kappa shape index (κ2) is 3.62. The molecule has 0 atom stereocenters. The van der Waals surface area contributed by atoms with Crippen LogP contribution in [-0.2, 0) is 7.05 Å². The SMILES string of the molecule is Cc1ccc2nc(C3CCCC3)n(C)c2c1. The van der Waals surface area contributed by atoms with Gasteiger partial charge in [-0.05, 0) is 37.5 Å². The maximum absolute atomic E-state index is 4.80. The fourth-order valence-electron chi connectivity index (χ4n) is 2.87. The Labute approximate surface area is 96.3 Å². The van der Waals surface area contributed by atoms with E-state index < -0.39 is 0 Å². The zero-order chi connectivity index (χ0) is 11.1. The smallest absolute Gasteiger partial charge is 0.112 e. The third-order valence-electron chi connectivity index (χ3n) is 3.79. The van der Waals surface area contributed by atoms with Crippen molar-refractivity contribution in [2.24, 2.45) is 7.05 Å². The van der Waals surface area contributed by atoms with E-state index in [1.165, 1.54) is 42.6 Å². The summed E-state index contributed by atoms with van der Waals surface area (Å²) in [6, 6.07) is 6.53. The maximum Gasteiger partial charge on any atom is 0.112 e. The van der Waals surface area contributed by atoms with E-state index in [0.29, 0.717) is 5.92 Å². The summed E-state index contributed by atoms with van der Waals surface area (Å²) in [5.41, 5.74) is 3.74. The van der Waals surface area contributed by atoms with Crippen molar-refractivity contribution in [2.45, 2.75) is 38.5 Å². The highest BCUT2D eigenvalue weighted by Gasteiger charge is 2.22. The van der Waals surface area contributed by atoms with Crippen molar-refractivity contribution in [3.05, 3.63) is 29.6 Å². The van der Waals surface area contributed by atoms with Gasteiger partial charge in [-0.25, -0.2) is 4.98 Å². The minimum absolute atomic E-state index is 0.692. The normalized spacial score (nSPS) is 17.4. The number of nitrogens with zero attached hydrogens (tertiary/aromatic N) is 2. The van der Waals surface area contributed by atoms with E-state index >= 15 is 0 Å². The van der Waals surface area contributed by atoms with E-state index in [1.807, 2.05) is 0 Å². The molecule has 0 bridgehead atoms. The van der Waals surface area contributed by atoms with E-state index in [2.05, 4.69) is 36.7 Å². The highest BCUT2D eigenvalue weighted by Crippen LogP contribution is 2.34. The third kappa shape index (κ3) is 1.44. The number of aryl methyl sites for hydroxylation is 2. The average molecular weight is 214 g/mol. The molecule has 2 heteroatoms. The standard InChI is InChI=1S/C14H18N2/c1-10-7-8-12-13(9-10)16(2)14(15-12)11-5-3-4-6-11/h7-9,11H,3-6H2,1-2H3. The van der Waals surface area contributed by atoms with Crippen LogP contribution < -0.4 is 0 Å². The van der Waals surface area contributed by atoms with Gasteiger partial charge in [-0.1, -0.05) is 18.9 Å². The third-order valence-corrected chi connectivity index (χ3v) is 3.79. The molecule has 0 amide bonds. The molecule has 2 nitrogen and oxygen atoms in total. The number of benzene rings is 1. The summed E-state index contributed by atoms with van der Waals surface area (Å²) in [6.07, 6.45) is 5.37. The van der Waals surface area contributed by atoms with Crippen molar-refractivity contribution in [3.8, 4) is 0 Å². The Bertz CT molecular complexity index is 519. The molecule has 1 aromatic heterocycles. The fraction of sp³-hybridized carbons (Fsp3) is 0.500. The van der Waals surface area contributed by atoms with Crippen LogP contribution >= 0.6 is 0 Å². The van der Waals surface area contributed by atoms with Crippen molar-refractivity contribution >= 4 is 11.0 Å². The van der Waals surface area contributed by atoms with Crippen molar-refractivity contribution in [2.75, 3.05) is 0 Å². The summed E-state index contributed by atoms with van der Waals surface area (Å²) in [4.78, 5) is 4.80. The highest BCUT2D eigenvalue weighted by molar-refractivity contribution is 5.76.